The summed E-state index contributed by atoms with van der Waals surface area (Å²) in [5, 5.41) is 6.17. The summed E-state index contributed by atoms with van der Waals surface area (Å²) in [6.07, 6.45) is 3.38. The second-order valence-corrected chi connectivity index (χ2v) is 6.28. The molecule has 0 atom stereocenters. The summed E-state index contributed by atoms with van der Waals surface area (Å²) in [5.41, 5.74) is 4.00. The third kappa shape index (κ3) is 5.07. The van der Waals surface area contributed by atoms with Crippen molar-refractivity contribution in [2.45, 2.75) is 20.4 Å². The van der Waals surface area contributed by atoms with E-state index in [-0.39, 0.29) is 5.91 Å². The van der Waals surface area contributed by atoms with Crippen LogP contribution in [-0.4, -0.2) is 29.0 Å². The molecule has 2 aromatic heterocycles. The summed E-state index contributed by atoms with van der Waals surface area (Å²) in [6, 6.07) is 17.2. The predicted molar refractivity (Wildman–Crippen MR) is 114 cm³/mol. The van der Waals surface area contributed by atoms with Gasteiger partial charge in [-0.15, -0.1) is 0 Å². The van der Waals surface area contributed by atoms with Gasteiger partial charge in [0.05, 0.1) is 12.2 Å². The molecule has 0 aliphatic heterocycles. The Labute approximate surface area is 165 Å². The Morgan fingerprint density at radius 3 is 2.39 bits per heavy atom. The van der Waals surface area contributed by atoms with Crippen LogP contribution in [-0.2, 0) is 6.54 Å². The number of carbonyl (C=O) groups is 1. The Morgan fingerprint density at radius 1 is 0.929 bits per heavy atom. The molecule has 28 heavy (non-hydrogen) atoms. The highest BCUT2D eigenvalue weighted by molar-refractivity contribution is 6.03. The molecule has 0 aliphatic carbocycles. The first kappa shape index (κ1) is 19.4. The normalized spacial score (nSPS) is 10.4. The van der Waals surface area contributed by atoms with Gasteiger partial charge >= 0.3 is 0 Å². The van der Waals surface area contributed by atoms with Gasteiger partial charge in [0.2, 0.25) is 0 Å². The van der Waals surface area contributed by atoms with Crippen LogP contribution in [0.3, 0.4) is 0 Å². The molecule has 0 fully saturated rings. The standard InChI is InChI=1S/C22H25N5O/c1-3-27(4-2)20-10-8-17(9-11-20)26-22(28)21-15-18(12-14-24-21)25-16-19-7-5-6-13-23-19/h5-15H,3-4,16H2,1-2H3,(H,24,25)(H,26,28). The molecule has 0 bridgehead atoms. The highest BCUT2D eigenvalue weighted by Crippen LogP contribution is 2.18. The molecule has 2 N–H and O–H groups in total. The van der Waals surface area contributed by atoms with Crippen LogP contribution >= 0.6 is 0 Å². The zero-order valence-electron chi connectivity index (χ0n) is 16.2. The van der Waals surface area contributed by atoms with E-state index in [2.05, 4.69) is 39.3 Å². The first-order chi connectivity index (χ1) is 13.7. The molecule has 3 rings (SSSR count). The van der Waals surface area contributed by atoms with Gasteiger partial charge in [-0.1, -0.05) is 6.07 Å². The van der Waals surface area contributed by atoms with Crippen molar-refractivity contribution in [3.63, 3.8) is 0 Å². The summed E-state index contributed by atoms with van der Waals surface area (Å²) in [4.78, 5) is 23.3. The van der Waals surface area contributed by atoms with Crippen molar-refractivity contribution in [3.05, 3.63) is 78.4 Å². The fourth-order valence-electron chi connectivity index (χ4n) is 2.90. The average Bonchev–Trinajstić information content (AvgIpc) is 2.75. The second-order valence-electron chi connectivity index (χ2n) is 6.28. The van der Waals surface area contributed by atoms with Crippen molar-refractivity contribution < 1.29 is 4.79 Å². The number of anilines is 3. The molecule has 0 saturated heterocycles. The van der Waals surface area contributed by atoms with E-state index in [1.54, 1.807) is 18.5 Å². The molecular formula is C22H25N5O. The summed E-state index contributed by atoms with van der Waals surface area (Å²) < 4.78 is 0. The lowest BCUT2D eigenvalue weighted by molar-refractivity contribution is 0.102. The average molecular weight is 375 g/mol. The van der Waals surface area contributed by atoms with Crippen molar-refractivity contribution in [3.8, 4) is 0 Å². The Balaban J connectivity index is 1.62. The zero-order chi connectivity index (χ0) is 19.8. The van der Waals surface area contributed by atoms with E-state index in [4.69, 9.17) is 0 Å². The monoisotopic (exact) mass is 375 g/mol. The van der Waals surface area contributed by atoms with Crippen molar-refractivity contribution in [1.29, 1.82) is 0 Å². The first-order valence-electron chi connectivity index (χ1n) is 9.45. The molecule has 144 valence electrons. The molecule has 0 radical (unpaired) electrons. The minimum absolute atomic E-state index is 0.239. The van der Waals surface area contributed by atoms with Gasteiger partial charge in [-0.2, -0.15) is 0 Å². The second kappa shape index (κ2) is 9.50. The van der Waals surface area contributed by atoms with Gasteiger partial charge in [0.25, 0.3) is 5.91 Å². The van der Waals surface area contributed by atoms with Crippen LogP contribution in [0.5, 0.6) is 0 Å². The van der Waals surface area contributed by atoms with Crippen LogP contribution in [0, 0.1) is 0 Å². The zero-order valence-corrected chi connectivity index (χ0v) is 16.2. The van der Waals surface area contributed by atoms with Gasteiger partial charge in [0.15, 0.2) is 0 Å². The molecule has 1 amide bonds. The van der Waals surface area contributed by atoms with Gasteiger partial charge in [0.1, 0.15) is 5.69 Å². The van der Waals surface area contributed by atoms with Crippen LogP contribution in [0.2, 0.25) is 0 Å². The fraction of sp³-hybridized carbons (Fsp3) is 0.227. The molecular weight excluding hydrogens is 350 g/mol. The number of rotatable bonds is 8. The number of amides is 1. The number of aromatic nitrogens is 2. The number of carbonyl (C=O) groups excluding carboxylic acids is 1. The lowest BCUT2D eigenvalue weighted by Gasteiger charge is -2.21. The maximum atomic E-state index is 12.5. The maximum absolute atomic E-state index is 12.5. The predicted octanol–water partition coefficient (Wildman–Crippen LogP) is 4.19. The Hall–Kier alpha value is -3.41. The summed E-state index contributed by atoms with van der Waals surface area (Å²) >= 11 is 0. The molecule has 1 aromatic carbocycles. The van der Waals surface area contributed by atoms with E-state index in [0.29, 0.717) is 12.2 Å². The molecule has 6 heteroatoms. The van der Waals surface area contributed by atoms with Crippen molar-refractivity contribution in [1.82, 2.24) is 9.97 Å². The molecule has 6 nitrogen and oxygen atoms in total. The van der Waals surface area contributed by atoms with Gasteiger partial charge in [0, 0.05) is 42.5 Å². The maximum Gasteiger partial charge on any atom is 0.274 e. The molecule has 2 heterocycles. The number of hydrogen-bond donors (Lipinski definition) is 2. The molecule has 0 saturated carbocycles. The SMILES string of the molecule is CCN(CC)c1ccc(NC(=O)c2cc(NCc3ccccn3)ccn2)cc1. The number of hydrogen-bond acceptors (Lipinski definition) is 5. The van der Waals surface area contributed by atoms with Crippen molar-refractivity contribution in [2.24, 2.45) is 0 Å². The van der Waals surface area contributed by atoms with Gasteiger partial charge in [-0.3, -0.25) is 14.8 Å². The van der Waals surface area contributed by atoms with Crippen molar-refractivity contribution >= 4 is 23.0 Å². The van der Waals surface area contributed by atoms with E-state index in [9.17, 15) is 4.79 Å². The van der Waals surface area contributed by atoms with Crippen LogP contribution < -0.4 is 15.5 Å². The van der Waals surface area contributed by atoms with Crippen LogP contribution in [0.15, 0.2) is 67.0 Å². The van der Waals surface area contributed by atoms with E-state index in [0.717, 1.165) is 35.8 Å². The number of nitrogens with zero attached hydrogens (tertiary/aromatic N) is 3. The van der Waals surface area contributed by atoms with Crippen molar-refractivity contribution in [2.75, 3.05) is 28.6 Å². The van der Waals surface area contributed by atoms with Crippen LogP contribution in [0.25, 0.3) is 0 Å². The minimum Gasteiger partial charge on any atom is -0.379 e. The van der Waals surface area contributed by atoms with Gasteiger partial charge < -0.3 is 15.5 Å². The largest absolute Gasteiger partial charge is 0.379 e. The van der Waals surface area contributed by atoms with E-state index in [1.807, 2.05) is 48.5 Å². The number of benzene rings is 1. The van der Waals surface area contributed by atoms with E-state index >= 15 is 0 Å². The lowest BCUT2D eigenvalue weighted by Crippen LogP contribution is -2.21. The van der Waals surface area contributed by atoms with Crippen LogP contribution in [0.1, 0.15) is 30.0 Å². The van der Waals surface area contributed by atoms with E-state index < -0.39 is 0 Å². The van der Waals surface area contributed by atoms with Crippen LogP contribution in [0.4, 0.5) is 17.1 Å². The highest BCUT2D eigenvalue weighted by Gasteiger charge is 2.09. The summed E-state index contributed by atoms with van der Waals surface area (Å²) in [6.45, 7) is 6.73. The van der Waals surface area contributed by atoms with Gasteiger partial charge in [-0.05, 0) is 62.4 Å². The molecule has 0 aliphatic rings. The first-order valence-corrected chi connectivity index (χ1v) is 9.45. The third-order valence-corrected chi connectivity index (χ3v) is 4.45. The smallest absolute Gasteiger partial charge is 0.274 e. The highest BCUT2D eigenvalue weighted by atomic mass is 16.1. The Morgan fingerprint density at radius 2 is 1.71 bits per heavy atom. The fourth-order valence-corrected chi connectivity index (χ4v) is 2.90. The number of nitrogens with one attached hydrogen (secondary N) is 2. The quantitative estimate of drug-likeness (QED) is 0.618. The Kier molecular flexibility index (Phi) is 6.57. The van der Waals surface area contributed by atoms with E-state index in [1.165, 1.54) is 0 Å². The number of pyridine rings is 2. The molecule has 0 unspecified atom stereocenters. The third-order valence-electron chi connectivity index (χ3n) is 4.45. The molecule has 0 spiro atoms. The summed E-state index contributed by atoms with van der Waals surface area (Å²) in [5.74, 6) is -0.239. The summed E-state index contributed by atoms with van der Waals surface area (Å²) in [7, 11) is 0. The Bertz CT molecular complexity index is 892. The minimum atomic E-state index is -0.239. The van der Waals surface area contributed by atoms with Gasteiger partial charge in [-0.25, -0.2) is 0 Å². The molecule has 3 aromatic rings. The topological polar surface area (TPSA) is 70.2 Å². The lowest BCUT2D eigenvalue weighted by atomic mass is 10.2.